The fraction of sp³-hybridized carbons (Fsp3) is 0.647. The van der Waals surface area contributed by atoms with Crippen molar-refractivity contribution in [3.63, 3.8) is 0 Å². The summed E-state index contributed by atoms with van der Waals surface area (Å²) in [5.41, 5.74) is 2.21. The normalized spacial score (nSPS) is 28.0. The molecule has 2 atom stereocenters. The summed E-state index contributed by atoms with van der Waals surface area (Å²) < 4.78 is 0. The Morgan fingerprint density at radius 3 is 2.82 bits per heavy atom. The number of fused-ring (bicyclic) bond motifs is 1. The van der Waals surface area contributed by atoms with Crippen molar-refractivity contribution in [2.75, 3.05) is 13.1 Å². The second kappa shape index (κ2) is 5.54. The lowest BCUT2D eigenvalue weighted by atomic mass is 10.1. The Kier molecular flexibility index (Phi) is 3.53. The van der Waals surface area contributed by atoms with Crippen molar-refractivity contribution < 1.29 is 4.79 Å². The Bertz CT molecular complexity index is 572. The van der Waals surface area contributed by atoms with E-state index in [1.807, 2.05) is 13.0 Å². The van der Waals surface area contributed by atoms with Gasteiger partial charge in [0.1, 0.15) is 0 Å². The van der Waals surface area contributed by atoms with Gasteiger partial charge >= 0.3 is 6.03 Å². The molecular weight excluding hydrogens is 276 g/mol. The van der Waals surface area contributed by atoms with Crippen molar-refractivity contribution in [3.05, 3.63) is 29.6 Å². The van der Waals surface area contributed by atoms with Gasteiger partial charge in [0.2, 0.25) is 0 Å². The van der Waals surface area contributed by atoms with Crippen molar-refractivity contribution in [2.45, 2.75) is 57.3 Å². The third-order valence-electron chi connectivity index (χ3n) is 5.17. The van der Waals surface area contributed by atoms with E-state index in [9.17, 15) is 4.79 Å². The molecule has 0 bridgehead atoms. The van der Waals surface area contributed by atoms with E-state index in [4.69, 9.17) is 0 Å². The Labute approximate surface area is 131 Å². The first-order valence-corrected chi connectivity index (χ1v) is 8.44. The molecule has 1 saturated carbocycles. The van der Waals surface area contributed by atoms with Crippen LogP contribution >= 0.6 is 0 Å². The highest BCUT2D eigenvalue weighted by Crippen LogP contribution is 2.33. The molecule has 3 fully saturated rings. The second-order valence-corrected chi connectivity index (χ2v) is 6.87. The molecule has 0 spiro atoms. The summed E-state index contributed by atoms with van der Waals surface area (Å²) in [7, 11) is 0. The number of rotatable bonds is 3. The highest BCUT2D eigenvalue weighted by molar-refractivity contribution is 5.75. The predicted molar refractivity (Wildman–Crippen MR) is 84.5 cm³/mol. The van der Waals surface area contributed by atoms with E-state index in [-0.39, 0.29) is 6.03 Å². The van der Waals surface area contributed by atoms with E-state index >= 15 is 0 Å². The molecule has 2 amide bonds. The van der Waals surface area contributed by atoms with Crippen molar-refractivity contribution in [1.29, 1.82) is 0 Å². The van der Waals surface area contributed by atoms with E-state index in [1.165, 1.54) is 0 Å². The van der Waals surface area contributed by atoms with Gasteiger partial charge in [0.05, 0.1) is 11.7 Å². The molecule has 2 saturated heterocycles. The lowest BCUT2D eigenvalue weighted by molar-refractivity contribution is 0.186. The zero-order valence-electron chi connectivity index (χ0n) is 13.2. The van der Waals surface area contributed by atoms with Crippen LogP contribution in [0.5, 0.6) is 0 Å². The number of aromatic nitrogens is 1. The van der Waals surface area contributed by atoms with Crippen LogP contribution in [-0.4, -0.2) is 52.0 Å². The first kappa shape index (κ1) is 14.0. The average molecular weight is 300 g/mol. The maximum absolute atomic E-state index is 12.3. The monoisotopic (exact) mass is 300 g/mol. The molecule has 2 aliphatic heterocycles. The molecule has 22 heavy (non-hydrogen) atoms. The quantitative estimate of drug-likeness (QED) is 0.927. The SMILES string of the molecule is Cc1cccc(CN2CC[C@H]3[C@@H]2CCN3C(=O)NC2CC2)n1. The minimum absolute atomic E-state index is 0.158. The van der Waals surface area contributed by atoms with Crippen LogP contribution in [0, 0.1) is 6.92 Å². The summed E-state index contributed by atoms with van der Waals surface area (Å²) >= 11 is 0. The fourth-order valence-electron chi connectivity index (χ4n) is 3.90. The highest BCUT2D eigenvalue weighted by atomic mass is 16.2. The van der Waals surface area contributed by atoms with Crippen molar-refractivity contribution in [1.82, 2.24) is 20.1 Å². The second-order valence-electron chi connectivity index (χ2n) is 6.87. The van der Waals surface area contributed by atoms with Gasteiger partial charge in [-0.05, 0) is 44.7 Å². The van der Waals surface area contributed by atoms with Crippen LogP contribution in [0.15, 0.2) is 18.2 Å². The van der Waals surface area contributed by atoms with Crippen molar-refractivity contribution >= 4 is 6.03 Å². The summed E-state index contributed by atoms with van der Waals surface area (Å²) in [6, 6.07) is 7.72. The summed E-state index contributed by atoms with van der Waals surface area (Å²) in [4.78, 5) is 21.5. The average Bonchev–Trinajstić information content (AvgIpc) is 3.07. The predicted octanol–water partition coefficient (Wildman–Crippen LogP) is 1.91. The number of nitrogens with one attached hydrogen (secondary N) is 1. The third kappa shape index (κ3) is 2.70. The summed E-state index contributed by atoms with van der Waals surface area (Å²) in [5.74, 6) is 0. The smallest absolute Gasteiger partial charge is 0.317 e. The third-order valence-corrected chi connectivity index (χ3v) is 5.17. The minimum Gasteiger partial charge on any atom is -0.335 e. The summed E-state index contributed by atoms with van der Waals surface area (Å²) in [6.07, 6.45) is 4.49. The topological polar surface area (TPSA) is 48.5 Å². The van der Waals surface area contributed by atoms with E-state index in [0.29, 0.717) is 18.1 Å². The number of carbonyl (C=O) groups is 1. The number of urea groups is 1. The van der Waals surface area contributed by atoms with Gasteiger partial charge in [-0.15, -0.1) is 0 Å². The number of amides is 2. The van der Waals surface area contributed by atoms with Crippen LogP contribution in [0.25, 0.3) is 0 Å². The maximum atomic E-state index is 12.3. The van der Waals surface area contributed by atoms with E-state index in [0.717, 1.165) is 56.7 Å². The van der Waals surface area contributed by atoms with Gasteiger partial charge in [0.25, 0.3) is 0 Å². The fourth-order valence-corrected chi connectivity index (χ4v) is 3.90. The van der Waals surface area contributed by atoms with Gasteiger partial charge in [-0.3, -0.25) is 9.88 Å². The molecule has 0 unspecified atom stereocenters. The molecule has 5 heteroatoms. The first-order chi connectivity index (χ1) is 10.7. The zero-order valence-corrected chi connectivity index (χ0v) is 13.2. The van der Waals surface area contributed by atoms with Gasteiger partial charge in [-0.2, -0.15) is 0 Å². The summed E-state index contributed by atoms with van der Waals surface area (Å²) in [5, 5.41) is 3.14. The molecular formula is C17H24N4O. The van der Waals surface area contributed by atoms with Crippen LogP contribution in [-0.2, 0) is 6.54 Å². The van der Waals surface area contributed by atoms with Crippen LogP contribution in [0.2, 0.25) is 0 Å². The molecule has 5 nitrogen and oxygen atoms in total. The zero-order chi connectivity index (χ0) is 15.1. The largest absolute Gasteiger partial charge is 0.335 e. The van der Waals surface area contributed by atoms with Crippen molar-refractivity contribution in [2.24, 2.45) is 0 Å². The molecule has 4 rings (SSSR count). The van der Waals surface area contributed by atoms with E-state index < -0.39 is 0 Å². The van der Waals surface area contributed by atoms with E-state index in [2.05, 4.69) is 32.2 Å². The molecule has 3 aliphatic rings. The Hall–Kier alpha value is -1.62. The molecule has 118 valence electrons. The van der Waals surface area contributed by atoms with Gasteiger partial charge in [-0.1, -0.05) is 6.07 Å². The highest BCUT2D eigenvalue weighted by Gasteiger charge is 2.44. The van der Waals surface area contributed by atoms with Gasteiger partial charge < -0.3 is 10.2 Å². The molecule has 1 N–H and O–H groups in total. The molecule has 1 aliphatic carbocycles. The lowest BCUT2D eigenvalue weighted by Crippen LogP contribution is -2.45. The number of hydrogen-bond donors (Lipinski definition) is 1. The van der Waals surface area contributed by atoms with Gasteiger partial charge in [0, 0.05) is 37.4 Å². The molecule has 0 radical (unpaired) electrons. The molecule has 0 aromatic carbocycles. The van der Waals surface area contributed by atoms with Crippen LogP contribution in [0.3, 0.4) is 0 Å². The number of carbonyl (C=O) groups excluding carboxylic acids is 1. The molecule has 3 heterocycles. The van der Waals surface area contributed by atoms with Crippen LogP contribution < -0.4 is 5.32 Å². The van der Waals surface area contributed by atoms with E-state index in [1.54, 1.807) is 0 Å². The number of likely N-dealkylation sites (tertiary alicyclic amines) is 2. The number of pyridine rings is 1. The molecule has 1 aromatic rings. The minimum atomic E-state index is 0.158. The molecule has 1 aromatic heterocycles. The van der Waals surface area contributed by atoms with Crippen molar-refractivity contribution in [3.8, 4) is 0 Å². The van der Waals surface area contributed by atoms with Crippen LogP contribution in [0.1, 0.15) is 37.1 Å². The standard InChI is InChI=1S/C17H24N4O/c1-12-3-2-4-14(18-12)11-20-9-7-16-15(20)8-10-21(16)17(22)19-13-5-6-13/h2-4,13,15-16H,5-11H2,1H3,(H,19,22)/t15-,16-/m0/s1. The Balaban J connectivity index is 1.40. The Morgan fingerprint density at radius 1 is 1.23 bits per heavy atom. The number of aryl methyl sites for hydroxylation is 1. The number of hydrogen-bond acceptors (Lipinski definition) is 3. The Morgan fingerprint density at radius 2 is 2.05 bits per heavy atom. The number of nitrogens with zero attached hydrogens (tertiary/aromatic N) is 3. The summed E-state index contributed by atoms with van der Waals surface area (Å²) in [6.45, 7) is 4.90. The van der Waals surface area contributed by atoms with Gasteiger partial charge in [0.15, 0.2) is 0 Å². The van der Waals surface area contributed by atoms with Crippen LogP contribution in [0.4, 0.5) is 4.79 Å². The first-order valence-electron chi connectivity index (χ1n) is 8.44. The maximum Gasteiger partial charge on any atom is 0.317 e. The van der Waals surface area contributed by atoms with Gasteiger partial charge in [-0.25, -0.2) is 4.79 Å². The lowest BCUT2D eigenvalue weighted by Gasteiger charge is -2.25.